The first-order chi connectivity index (χ1) is 9.20. The normalized spacial score (nSPS) is 20.6. The number of carbonyl (C=O) groups excluding carboxylic acids is 1. The molecule has 2 atom stereocenters. The first-order valence-corrected chi connectivity index (χ1v) is 6.89. The molecule has 1 aliphatic heterocycles. The van der Waals surface area contributed by atoms with Gasteiger partial charge in [0.05, 0.1) is 7.11 Å². The molecule has 1 saturated heterocycles. The van der Waals surface area contributed by atoms with Crippen molar-refractivity contribution in [2.75, 3.05) is 13.7 Å². The van der Waals surface area contributed by atoms with Crippen LogP contribution in [0.2, 0.25) is 0 Å². The lowest BCUT2D eigenvalue weighted by molar-refractivity contribution is 0.0928. The number of benzene rings is 1. The molecule has 4 nitrogen and oxygen atoms in total. The number of methoxy groups -OCH3 is 1. The van der Waals surface area contributed by atoms with E-state index < -0.39 is 0 Å². The Bertz CT molecular complexity index is 411. The molecule has 104 valence electrons. The third-order valence-corrected chi connectivity index (χ3v) is 3.66. The van der Waals surface area contributed by atoms with E-state index in [9.17, 15) is 4.79 Å². The summed E-state index contributed by atoms with van der Waals surface area (Å²) in [4.78, 5) is 12.1. The quantitative estimate of drug-likeness (QED) is 0.872. The van der Waals surface area contributed by atoms with Gasteiger partial charge in [-0.05, 0) is 50.6 Å². The van der Waals surface area contributed by atoms with Crippen molar-refractivity contribution in [1.82, 2.24) is 10.6 Å². The van der Waals surface area contributed by atoms with E-state index in [-0.39, 0.29) is 11.9 Å². The summed E-state index contributed by atoms with van der Waals surface area (Å²) in [5.41, 5.74) is 0.670. The summed E-state index contributed by atoms with van der Waals surface area (Å²) in [6.07, 6.45) is 3.60. The SMILES string of the molecule is COc1ccc(C(=O)NC(C)C2CCCCN2)cc1. The zero-order chi connectivity index (χ0) is 13.7. The highest BCUT2D eigenvalue weighted by molar-refractivity contribution is 5.94. The van der Waals surface area contributed by atoms with Crippen LogP contribution in [-0.2, 0) is 0 Å². The van der Waals surface area contributed by atoms with Gasteiger partial charge in [0.1, 0.15) is 5.75 Å². The molecule has 2 rings (SSSR count). The molecule has 4 heteroatoms. The monoisotopic (exact) mass is 262 g/mol. The number of piperidine rings is 1. The smallest absolute Gasteiger partial charge is 0.251 e. The van der Waals surface area contributed by atoms with Crippen molar-refractivity contribution >= 4 is 5.91 Å². The molecule has 1 aromatic rings. The average molecular weight is 262 g/mol. The zero-order valence-electron chi connectivity index (χ0n) is 11.6. The van der Waals surface area contributed by atoms with Gasteiger partial charge in [-0.3, -0.25) is 4.79 Å². The Balaban J connectivity index is 1.91. The van der Waals surface area contributed by atoms with Crippen LogP contribution in [0.15, 0.2) is 24.3 Å². The van der Waals surface area contributed by atoms with Crippen molar-refractivity contribution in [2.45, 2.75) is 38.3 Å². The summed E-state index contributed by atoms with van der Waals surface area (Å²) in [6, 6.07) is 7.71. The lowest BCUT2D eigenvalue weighted by atomic mass is 9.99. The van der Waals surface area contributed by atoms with Crippen LogP contribution in [-0.4, -0.2) is 31.6 Å². The Hall–Kier alpha value is -1.55. The maximum absolute atomic E-state index is 12.1. The number of carbonyl (C=O) groups is 1. The van der Waals surface area contributed by atoms with E-state index in [0.29, 0.717) is 11.6 Å². The fourth-order valence-electron chi connectivity index (χ4n) is 2.44. The Kier molecular flexibility index (Phi) is 4.80. The first kappa shape index (κ1) is 13.9. The minimum absolute atomic E-state index is 0.0254. The summed E-state index contributed by atoms with van der Waals surface area (Å²) in [6.45, 7) is 3.11. The number of ether oxygens (including phenoxy) is 1. The maximum Gasteiger partial charge on any atom is 0.251 e. The van der Waals surface area contributed by atoms with Crippen LogP contribution in [0, 0.1) is 0 Å². The summed E-state index contributed by atoms with van der Waals surface area (Å²) >= 11 is 0. The molecule has 0 aromatic heterocycles. The van der Waals surface area contributed by atoms with Gasteiger partial charge in [0.25, 0.3) is 5.91 Å². The molecule has 2 N–H and O–H groups in total. The maximum atomic E-state index is 12.1. The van der Waals surface area contributed by atoms with Crippen LogP contribution in [0.5, 0.6) is 5.75 Å². The molecular weight excluding hydrogens is 240 g/mol. The first-order valence-electron chi connectivity index (χ1n) is 6.89. The molecule has 1 amide bonds. The van der Waals surface area contributed by atoms with E-state index in [2.05, 4.69) is 17.6 Å². The highest BCUT2D eigenvalue weighted by Gasteiger charge is 2.21. The summed E-state index contributed by atoms with van der Waals surface area (Å²) < 4.78 is 5.08. The third kappa shape index (κ3) is 3.70. The highest BCUT2D eigenvalue weighted by Crippen LogP contribution is 2.13. The zero-order valence-corrected chi connectivity index (χ0v) is 11.6. The van der Waals surface area contributed by atoms with E-state index in [1.165, 1.54) is 12.8 Å². The molecule has 1 heterocycles. The Morgan fingerprint density at radius 2 is 2.11 bits per heavy atom. The average Bonchev–Trinajstić information content (AvgIpc) is 2.48. The molecule has 1 fully saturated rings. The molecule has 0 radical (unpaired) electrons. The van der Waals surface area contributed by atoms with E-state index in [0.717, 1.165) is 18.7 Å². The molecule has 0 spiro atoms. The second-order valence-corrected chi connectivity index (χ2v) is 5.05. The molecule has 1 aliphatic rings. The fourth-order valence-corrected chi connectivity index (χ4v) is 2.44. The highest BCUT2D eigenvalue weighted by atomic mass is 16.5. The van der Waals surface area contributed by atoms with Crippen molar-refractivity contribution in [3.8, 4) is 5.75 Å². The van der Waals surface area contributed by atoms with Gasteiger partial charge in [0, 0.05) is 17.6 Å². The fraction of sp³-hybridized carbons (Fsp3) is 0.533. The summed E-state index contributed by atoms with van der Waals surface area (Å²) in [7, 11) is 1.62. The lowest BCUT2D eigenvalue weighted by Crippen LogP contribution is -2.50. The molecule has 19 heavy (non-hydrogen) atoms. The van der Waals surface area contributed by atoms with Gasteiger partial charge < -0.3 is 15.4 Å². The van der Waals surface area contributed by atoms with Crippen LogP contribution >= 0.6 is 0 Å². The van der Waals surface area contributed by atoms with E-state index in [1.54, 1.807) is 31.4 Å². The van der Waals surface area contributed by atoms with Crippen molar-refractivity contribution in [3.63, 3.8) is 0 Å². The minimum atomic E-state index is -0.0254. The second-order valence-electron chi connectivity index (χ2n) is 5.05. The van der Waals surface area contributed by atoms with Crippen LogP contribution in [0.3, 0.4) is 0 Å². The van der Waals surface area contributed by atoms with Gasteiger partial charge in [-0.1, -0.05) is 6.42 Å². The molecular formula is C15H22N2O2. The van der Waals surface area contributed by atoms with E-state index in [1.807, 2.05) is 0 Å². The minimum Gasteiger partial charge on any atom is -0.497 e. The number of nitrogens with one attached hydrogen (secondary N) is 2. The predicted molar refractivity (Wildman–Crippen MR) is 75.6 cm³/mol. The lowest BCUT2D eigenvalue weighted by Gasteiger charge is -2.29. The third-order valence-electron chi connectivity index (χ3n) is 3.66. The molecule has 0 saturated carbocycles. The number of hydrogen-bond acceptors (Lipinski definition) is 3. The Labute approximate surface area is 114 Å². The van der Waals surface area contributed by atoms with E-state index >= 15 is 0 Å². The summed E-state index contributed by atoms with van der Waals surface area (Å²) in [5, 5.41) is 6.52. The molecule has 0 aliphatic carbocycles. The predicted octanol–water partition coefficient (Wildman–Crippen LogP) is 1.96. The Morgan fingerprint density at radius 3 is 2.68 bits per heavy atom. The van der Waals surface area contributed by atoms with Crippen molar-refractivity contribution in [2.24, 2.45) is 0 Å². The molecule has 0 bridgehead atoms. The molecule has 1 aromatic carbocycles. The topological polar surface area (TPSA) is 50.4 Å². The van der Waals surface area contributed by atoms with Crippen LogP contribution in [0.4, 0.5) is 0 Å². The van der Waals surface area contributed by atoms with Gasteiger partial charge >= 0.3 is 0 Å². The summed E-state index contributed by atoms with van der Waals surface area (Å²) in [5.74, 6) is 0.737. The van der Waals surface area contributed by atoms with Gasteiger partial charge in [0.15, 0.2) is 0 Å². The van der Waals surface area contributed by atoms with Crippen LogP contribution < -0.4 is 15.4 Å². The van der Waals surface area contributed by atoms with Crippen LogP contribution in [0.1, 0.15) is 36.5 Å². The van der Waals surface area contributed by atoms with Gasteiger partial charge in [-0.2, -0.15) is 0 Å². The molecule has 2 unspecified atom stereocenters. The number of amides is 1. The largest absolute Gasteiger partial charge is 0.497 e. The van der Waals surface area contributed by atoms with Gasteiger partial charge in [-0.25, -0.2) is 0 Å². The van der Waals surface area contributed by atoms with Gasteiger partial charge in [-0.15, -0.1) is 0 Å². The standard InChI is InChI=1S/C15H22N2O2/c1-11(14-5-3-4-10-16-14)17-15(18)12-6-8-13(19-2)9-7-12/h6-9,11,14,16H,3-5,10H2,1-2H3,(H,17,18). The second kappa shape index (κ2) is 6.57. The van der Waals surface area contributed by atoms with Gasteiger partial charge in [0.2, 0.25) is 0 Å². The van der Waals surface area contributed by atoms with Crippen molar-refractivity contribution < 1.29 is 9.53 Å². The Morgan fingerprint density at radius 1 is 1.37 bits per heavy atom. The number of hydrogen-bond donors (Lipinski definition) is 2. The van der Waals surface area contributed by atoms with Crippen molar-refractivity contribution in [1.29, 1.82) is 0 Å². The number of rotatable bonds is 4. The van der Waals surface area contributed by atoms with Crippen LogP contribution in [0.25, 0.3) is 0 Å². The van der Waals surface area contributed by atoms with Crippen molar-refractivity contribution in [3.05, 3.63) is 29.8 Å². The van der Waals surface area contributed by atoms with E-state index in [4.69, 9.17) is 4.74 Å².